The average molecular weight is 673 g/mol. The highest BCUT2D eigenvalue weighted by Crippen LogP contribution is 2.15. The second-order valence-corrected chi connectivity index (χ2v) is 13.8. The van der Waals surface area contributed by atoms with Gasteiger partial charge in [0.2, 0.25) is 0 Å². The molecule has 0 N–H and O–H groups in total. The predicted octanol–water partition coefficient (Wildman–Crippen LogP) is 11.3. The SMILES string of the molecule is CCCCCCCCCCCCCN(CC)CCOC(=O)c1ccccc1C(=O)OCCN(CC)CCCCCCCCCCCCC. The summed E-state index contributed by atoms with van der Waals surface area (Å²) in [7, 11) is 0. The molecule has 1 aromatic rings. The van der Waals surface area contributed by atoms with Gasteiger partial charge in [-0.05, 0) is 51.2 Å². The Morgan fingerprint density at radius 1 is 0.438 bits per heavy atom. The summed E-state index contributed by atoms with van der Waals surface area (Å²) >= 11 is 0. The first-order valence-corrected chi connectivity index (χ1v) is 20.4. The molecule has 0 atom stereocenters. The average Bonchev–Trinajstić information content (AvgIpc) is 3.11. The molecule has 6 heteroatoms. The topological polar surface area (TPSA) is 59.1 Å². The molecule has 0 spiro atoms. The van der Waals surface area contributed by atoms with E-state index in [1.165, 1.54) is 141 Å². The van der Waals surface area contributed by atoms with Crippen LogP contribution in [0, 0.1) is 0 Å². The molecule has 0 aromatic heterocycles. The molecule has 0 heterocycles. The number of esters is 2. The number of ether oxygens (including phenoxy) is 2. The maximum absolute atomic E-state index is 13.0. The Labute approximate surface area is 297 Å². The zero-order valence-corrected chi connectivity index (χ0v) is 32.1. The van der Waals surface area contributed by atoms with Crippen LogP contribution in [0.4, 0.5) is 0 Å². The van der Waals surface area contributed by atoms with Crippen LogP contribution >= 0.6 is 0 Å². The lowest BCUT2D eigenvalue weighted by molar-refractivity contribution is 0.0417. The van der Waals surface area contributed by atoms with Gasteiger partial charge in [-0.15, -0.1) is 0 Å². The van der Waals surface area contributed by atoms with Crippen molar-refractivity contribution in [2.45, 2.75) is 169 Å². The number of nitrogens with zero attached hydrogens (tertiary/aromatic N) is 2. The number of hydrogen-bond acceptors (Lipinski definition) is 6. The molecule has 0 bridgehead atoms. The molecule has 6 nitrogen and oxygen atoms in total. The van der Waals surface area contributed by atoms with Crippen LogP contribution < -0.4 is 0 Å². The fraction of sp³-hybridized carbons (Fsp3) is 0.810. The normalized spacial score (nSPS) is 11.5. The molecule has 48 heavy (non-hydrogen) atoms. The van der Waals surface area contributed by atoms with Gasteiger partial charge in [-0.25, -0.2) is 9.59 Å². The number of hydrogen-bond donors (Lipinski definition) is 0. The minimum Gasteiger partial charge on any atom is -0.461 e. The van der Waals surface area contributed by atoms with Crippen molar-refractivity contribution in [3.05, 3.63) is 35.4 Å². The highest BCUT2D eigenvalue weighted by atomic mass is 16.5. The summed E-state index contributed by atoms with van der Waals surface area (Å²) in [5, 5.41) is 0. The van der Waals surface area contributed by atoms with Crippen molar-refractivity contribution in [3.63, 3.8) is 0 Å². The molecule has 1 rings (SSSR count). The Balaban J connectivity index is 2.25. The molecular weight excluding hydrogens is 596 g/mol. The summed E-state index contributed by atoms with van der Waals surface area (Å²) in [5.41, 5.74) is 0.563. The lowest BCUT2D eigenvalue weighted by atomic mass is 10.1. The zero-order valence-electron chi connectivity index (χ0n) is 32.1. The van der Waals surface area contributed by atoms with Gasteiger partial charge in [-0.2, -0.15) is 0 Å². The number of benzene rings is 1. The Bertz CT molecular complexity index is 821. The summed E-state index contributed by atoms with van der Waals surface area (Å²) < 4.78 is 11.3. The summed E-state index contributed by atoms with van der Waals surface area (Å²) in [6.45, 7) is 14.8. The van der Waals surface area contributed by atoms with Gasteiger partial charge in [0.1, 0.15) is 13.2 Å². The van der Waals surface area contributed by atoms with Crippen molar-refractivity contribution in [2.75, 3.05) is 52.5 Å². The Hall–Kier alpha value is -1.92. The summed E-state index contributed by atoms with van der Waals surface area (Å²) in [4.78, 5) is 30.6. The van der Waals surface area contributed by atoms with Crippen LogP contribution in [0.5, 0.6) is 0 Å². The third kappa shape index (κ3) is 23.4. The van der Waals surface area contributed by atoms with Crippen molar-refractivity contribution in [3.8, 4) is 0 Å². The second kappa shape index (κ2) is 32.3. The van der Waals surface area contributed by atoms with Gasteiger partial charge in [0.25, 0.3) is 0 Å². The van der Waals surface area contributed by atoms with Crippen molar-refractivity contribution >= 4 is 11.9 Å². The van der Waals surface area contributed by atoms with E-state index in [-0.39, 0.29) is 11.1 Å². The molecule has 0 aliphatic carbocycles. The van der Waals surface area contributed by atoms with Crippen molar-refractivity contribution < 1.29 is 19.1 Å². The monoisotopic (exact) mass is 673 g/mol. The number of rotatable bonds is 34. The minimum absolute atomic E-state index is 0.282. The fourth-order valence-electron chi connectivity index (χ4n) is 6.38. The molecule has 0 radical (unpaired) electrons. The van der Waals surface area contributed by atoms with E-state index in [1.807, 2.05) is 0 Å². The van der Waals surface area contributed by atoms with Crippen molar-refractivity contribution in [1.82, 2.24) is 9.80 Å². The molecule has 0 unspecified atom stereocenters. The molecule has 0 saturated heterocycles. The lowest BCUT2D eigenvalue weighted by Gasteiger charge is -2.20. The third-order valence-electron chi connectivity index (χ3n) is 9.70. The van der Waals surface area contributed by atoms with Gasteiger partial charge in [-0.1, -0.05) is 168 Å². The van der Waals surface area contributed by atoms with E-state index in [4.69, 9.17) is 9.47 Å². The highest BCUT2D eigenvalue weighted by Gasteiger charge is 2.19. The standard InChI is InChI=1S/C42H76N2O4/c1-5-9-11-13-15-17-19-21-23-25-29-33-43(7-3)35-37-47-41(45)39-31-27-28-32-40(39)42(46)48-38-36-44(8-4)34-30-26-24-22-20-18-16-14-12-10-6-2/h27-28,31-32H,5-26,29-30,33-38H2,1-4H3. The molecule has 1 aromatic carbocycles. The van der Waals surface area contributed by atoms with E-state index in [0.717, 1.165) is 26.2 Å². The van der Waals surface area contributed by atoms with Crippen LogP contribution in [0.2, 0.25) is 0 Å². The molecule has 0 aliphatic heterocycles. The number of likely N-dealkylation sites (N-methyl/N-ethyl adjacent to an activating group) is 2. The molecule has 0 saturated carbocycles. The summed E-state index contributed by atoms with van der Waals surface area (Å²) in [6, 6.07) is 6.86. The summed E-state index contributed by atoms with van der Waals surface area (Å²) in [6.07, 6.45) is 29.5. The number of unbranched alkanes of at least 4 members (excludes halogenated alkanes) is 20. The smallest absolute Gasteiger partial charge is 0.339 e. The Morgan fingerprint density at radius 2 is 0.729 bits per heavy atom. The second-order valence-electron chi connectivity index (χ2n) is 13.8. The molecule has 0 fully saturated rings. The molecule has 0 amide bonds. The highest BCUT2D eigenvalue weighted by molar-refractivity contribution is 6.03. The van der Waals surface area contributed by atoms with E-state index in [0.29, 0.717) is 26.3 Å². The van der Waals surface area contributed by atoms with Crippen LogP contribution in [0.3, 0.4) is 0 Å². The molecule has 0 aliphatic rings. The largest absolute Gasteiger partial charge is 0.461 e. The first kappa shape index (κ1) is 44.1. The van der Waals surface area contributed by atoms with Crippen molar-refractivity contribution in [1.29, 1.82) is 0 Å². The van der Waals surface area contributed by atoms with Crippen LogP contribution in [0.15, 0.2) is 24.3 Å². The van der Waals surface area contributed by atoms with Gasteiger partial charge < -0.3 is 19.3 Å². The van der Waals surface area contributed by atoms with E-state index in [2.05, 4.69) is 37.5 Å². The van der Waals surface area contributed by atoms with Crippen LogP contribution in [-0.2, 0) is 9.47 Å². The predicted molar refractivity (Wildman–Crippen MR) is 204 cm³/mol. The fourth-order valence-corrected chi connectivity index (χ4v) is 6.38. The first-order chi connectivity index (χ1) is 23.6. The maximum Gasteiger partial charge on any atom is 0.339 e. The minimum atomic E-state index is -0.458. The number of carbonyl (C=O) groups is 2. The first-order valence-electron chi connectivity index (χ1n) is 20.4. The maximum atomic E-state index is 13.0. The lowest BCUT2D eigenvalue weighted by Crippen LogP contribution is -2.30. The zero-order chi connectivity index (χ0) is 34.9. The molecule has 278 valence electrons. The van der Waals surface area contributed by atoms with E-state index in [1.54, 1.807) is 24.3 Å². The van der Waals surface area contributed by atoms with Crippen LogP contribution in [0.25, 0.3) is 0 Å². The van der Waals surface area contributed by atoms with Gasteiger partial charge in [0.05, 0.1) is 11.1 Å². The molecular formula is C42H76N2O4. The van der Waals surface area contributed by atoms with E-state index in [9.17, 15) is 9.59 Å². The van der Waals surface area contributed by atoms with Gasteiger partial charge >= 0.3 is 11.9 Å². The van der Waals surface area contributed by atoms with Gasteiger partial charge in [0, 0.05) is 13.1 Å². The quantitative estimate of drug-likeness (QED) is 0.0536. The Morgan fingerprint density at radius 3 is 1.02 bits per heavy atom. The van der Waals surface area contributed by atoms with Crippen molar-refractivity contribution in [2.24, 2.45) is 0 Å². The van der Waals surface area contributed by atoms with Gasteiger partial charge in [0.15, 0.2) is 0 Å². The number of carbonyl (C=O) groups excluding carboxylic acids is 2. The van der Waals surface area contributed by atoms with Crippen LogP contribution in [-0.4, -0.2) is 74.2 Å². The Kier molecular flexibility index (Phi) is 29.7. The van der Waals surface area contributed by atoms with E-state index < -0.39 is 11.9 Å². The van der Waals surface area contributed by atoms with Crippen LogP contribution in [0.1, 0.15) is 190 Å². The summed E-state index contributed by atoms with van der Waals surface area (Å²) in [5.74, 6) is -0.917. The third-order valence-corrected chi connectivity index (χ3v) is 9.70. The van der Waals surface area contributed by atoms with E-state index >= 15 is 0 Å². The van der Waals surface area contributed by atoms with Gasteiger partial charge in [-0.3, -0.25) is 0 Å².